The largest absolute Gasteiger partial charge is 0.346 e. The fourth-order valence-corrected chi connectivity index (χ4v) is 3.21. The number of hydrogen-bond donors (Lipinski definition) is 2. The van der Waals surface area contributed by atoms with Crippen LogP contribution in [0.4, 0.5) is 0 Å². The lowest BCUT2D eigenvalue weighted by molar-refractivity contribution is -0.128. The van der Waals surface area contributed by atoms with E-state index in [4.69, 9.17) is 0 Å². The molecule has 1 fully saturated rings. The van der Waals surface area contributed by atoms with Gasteiger partial charge in [0.25, 0.3) is 0 Å². The van der Waals surface area contributed by atoms with Gasteiger partial charge in [0.2, 0.25) is 5.91 Å². The molecule has 106 valence electrons. The van der Waals surface area contributed by atoms with Gasteiger partial charge in [-0.1, -0.05) is 6.92 Å². The van der Waals surface area contributed by atoms with E-state index in [1.165, 1.54) is 4.88 Å². The number of aromatic nitrogens is 1. The second-order valence-corrected chi connectivity index (χ2v) is 6.58. The molecule has 1 aliphatic rings. The molecular formula is C14H23N3OS. The third kappa shape index (κ3) is 3.34. The zero-order valence-corrected chi connectivity index (χ0v) is 12.8. The molecule has 0 radical (unpaired) electrons. The average Bonchev–Trinajstić information content (AvgIpc) is 2.88. The number of piperidine rings is 1. The first-order valence-electron chi connectivity index (χ1n) is 7.06. The van der Waals surface area contributed by atoms with Crippen LogP contribution in [0, 0.1) is 0 Å². The summed E-state index contributed by atoms with van der Waals surface area (Å²) in [6.45, 7) is 7.04. The topological polar surface area (TPSA) is 54.0 Å². The summed E-state index contributed by atoms with van der Waals surface area (Å²) in [4.78, 5) is 18.0. The second-order valence-electron chi connectivity index (χ2n) is 5.43. The minimum absolute atomic E-state index is 0.0154. The standard InChI is InChI=1S/C14H23N3OS/c1-4-11-9-15-12(19-11)10(2)17-13(18)14(3)7-5-6-8-16-14/h9-10,16H,4-8H2,1-3H3,(H,17,18). The van der Waals surface area contributed by atoms with Crippen molar-refractivity contribution < 1.29 is 4.79 Å². The normalized spacial score (nSPS) is 25.0. The first-order valence-corrected chi connectivity index (χ1v) is 7.87. The maximum atomic E-state index is 12.4. The Morgan fingerprint density at radius 3 is 3.00 bits per heavy atom. The second kappa shape index (κ2) is 6.01. The minimum atomic E-state index is -0.419. The Labute approximate surface area is 119 Å². The van der Waals surface area contributed by atoms with Gasteiger partial charge in [-0.2, -0.15) is 0 Å². The van der Waals surface area contributed by atoms with Crippen LogP contribution in [0.2, 0.25) is 0 Å². The highest BCUT2D eigenvalue weighted by Gasteiger charge is 2.35. The highest BCUT2D eigenvalue weighted by molar-refractivity contribution is 7.11. The molecule has 0 aromatic carbocycles. The van der Waals surface area contributed by atoms with Crippen LogP contribution < -0.4 is 10.6 Å². The number of carbonyl (C=O) groups is 1. The van der Waals surface area contributed by atoms with Gasteiger partial charge in [-0.15, -0.1) is 11.3 Å². The summed E-state index contributed by atoms with van der Waals surface area (Å²) in [7, 11) is 0. The fourth-order valence-electron chi connectivity index (χ4n) is 2.35. The number of carbonyl (C=O) groups excluding carboxylic acids is 1. The van der Waals surface area contributed by atoms with Crippen molar-refractivity contribution in [1.82, 2.24) is 15.6 Å². The number of thiazole rings is 1. The van der Waals surface area contributed by atoms with Crippen molar-refractivity contribution in [2.45, 2.75) is 58.0 Å². The molecule has 4 nitrogen and oxygen atoms in total. The lowest BCUT2D eigenvalue weighted by atomic mass is 9.90. The molecule has 0 spiro atoms. The number of rotatable bonds is 4. The lowest BCUT2D eigenvalue weighted by Crippen LogP contribution is -2.57. The molecule has 19 heavy (non-hydrogen) atoms. The number of aryl methyl sites for hydroxylation is 1. The predicted octanol–water partition coefficient (Wildman–Crippen LogP) is 2.41. The summed E-state index contributed by atoms with van der Waals surface area (Å²) in [5.74, 6) is 0.0907. The van der Waals surface area contributed by atoms with Crippen LogP contribution in [0.3, 0.4) is 0 Å². The van der Waals surface area contributed by atoms with Gasteiger partial charge < -0.3 is 10.6 Å². The van der Waals surface area contributed by atoms with Gasteiger partial charge in [-0.05, 0) is 46.1 Å². The first-order chi connectivity index (χ1) is 9.05. The Hall–Kier alpha value is -0.940. The molecule has 0 saturated carbocycles. The monoisotopic (exact) mass is 281 g/mol. The van der Waals surface area contributed by atoms with E-state index >= 15 is 0 Å². The molecular weight excluding hydrogens is 258 g/mol. The molecule has 5 heteroatoms. The average molecular weight is 281 g/mol. The number of hydrogen-bond acceptors (Lipinski definition) is 4. The number of nitrogens with one attached hydrogen (secondary N) is 2. The van der Waals surface area contributed by atoms with Crippen LogP contribution in [0.5, 0.6) is 0 Å². The van der Waals surface area contributed by atoms with Gasteiger partial charge >= 0.3 is 0 Å². The van der Waals surface area contributed by atoms with E-state index in [9.17, 15) is 4.79 Å². The summed E-state index contributed by atoms with van der Waals surface area (Å²) in [6, 6.07) is -0.0154. The SMILES string of the molecule is CCc1cnc(C(C)NC(=O)C2(C)CCCCN2)s1. The minimum Gasteiger partial charge on any atom is -0.346 e. The molecule has 1 amide bonds. The van der Waals surface area contributed by atoms with Crippen LogP contribution in [-0.2, 0) is 11.2 Å². The summed E-state index contributed by atoms with van der Waals surface area (Å²) in [6.07, 6.45) is 6.08. The molecule has 1 aliphatic heterocycles. The van der Waals surface area contributed by atoms with Crippen molar-refractivity contribution >= 4 is 17.2 Å². The Kier molecular flexibility index (Phi) is 4.58. The molecule has 1 saturated heterocycles. The Morgan fingerprint density at radius 2 is 2.42 bits per heavy atom. The highest BCUT2D eigenvalue weighted by Crippen LogP contribution is 2.23. The summed E-state index contributed by atoms with van der Waals surface area (Å²) in [5, 5.41) is 7.42. The predicted molar refractivity (Wildman–Crippen MR) is 78.3 cm³/mol. The van der Waals surface area contributed by atoms with Crippen molar-refractivity contribution in [2.24, 2.45) is 0 Å². The van der Waals surface area contributed by atoms with Crippen LogP contribution in [0.25, 0.3) is 0 Å². The maximum Gasteiger partial charge on any atom is 0.240 e. The number of nitrogens with zero attached hydrogens (tertiary/aromatic N) is 1. The van der Waals surface area contributed by atoms with Crippen molar-refractivity contribution in [3.63, 3.8) is 0 Å². The first kappa shape index (κ1) is 14.5. The number of amides is 1. The highest BCUT2D eigenvalue weighted by atomic mass is 32.1. The molecule has 2 rings (SSSR count). The van der Waals surface area contributed by atoms with Crippen LogP contribution in [0.1, 0.15) is 56.0 Å². The molecule has 0 bridgehead atoms. The van der Waals surface area contributed by atoms with E-state index in [1.807, 2.05) is 20.0 Å². The van der Waals surface area contributed by atoms with Gasteiger partial charge in [-0.3, -0.25) is 4.79 Å². The van der Waals surface area contributed by atoms with Gasteiger partial charge in [-0.25, -0.2) is 4.98 Å². The third-order valence-corrected chi connectivity index (χ3v) is 5.08. The Balaban J connectivity index is 1.97. The van der Waals surface area contributed by atoms with Crippen molar-refractivity contribution in [2.75, 3.05) is 6.54 Å². The van der Waals surface area contributed by atoms with Crippen LogP contribution in [-0.4, -0.2) is 23.0 Å². The summed E-state index contributed by atoms with van der Waals surface area (Å²) < 4.78 is 0. The smallest absolute Gasteiger partial charge is 0.240 e. The van der Waals surface area contributed by atoms with Gasteiger partial charge in [0.15, 0.2) is 0 Å². The van der Waals surface area contributed by atoms with E-state index in [1.54, 1.807) is 11.3 Å². The van der Waals surface area contributed by atoms with Gasteiger partial charge in [0.1, 0.15) is 5.01 Å². The maximum absolute atomic E-state index is 12.4. The van der Waals surface area contributed by atoms with E-state index in [0.29, 0.717) is 0 Å². The Morgan fingerprint density at radius 1 is 1.63 bits per heavy atom. The zero-order chi connectivity index (χ0) is 13.9. The van der Waals surface area contributed by atoms with Crippen LogP contribution >= 0.6 is 11.3 Å². The van der Waals surface area contributed by atoms with E-state index < -0.39 is 5.54 Å². The molecule has 2 heterocycles. The molecule has 2 atom stereocenters. The van der Waals surface area contributed by atoms with E-state index in [0.717, 1.165) is 37.2 Å². The third-order valence-electron chi connectivity index (χ3n) is 3.76. The van der Waals surface area contributed by atoms with Crippen LogP contribution in [0.15, 0.2) is 6.20 Å². The quantitative estimate of drug-likeness (QED) is 0.891. The molecule has 1 aromatic heterocycles. The van der Waals surface area contributed by atoms with Crippen molar-refractivity contribution in [3.05, 3.63) is 16.1 Å². The van der Waals surface area contributed by atoms with E-state index in [2.05, 4.69) is 22.5 Å². The van der Waals surface area contributed by atoms with Crippen molar-refractivity contribution in [3.8, 4) is 0 Å². The fraction of sp³-hybridized carbons (Fsp3) is 0.714. The molecule has 2 N–H and O–H groups in total. The van der Waals surface area contributed by atoms with Gasteiger partial charge in [0.05, 0.1) is 11.6 Å². The van der Waals surface area contributed by atoms with Crippen molar-refractivity contribution in [1.29, 1.82) is 0 Å². The molecule has 1 aromatic rings. The molecule has 2 unspecified atom stereocenters. The summed E-state index contributed by atoms with van der Waals surface area (Å²) >= 11 is 1.68. The Bertz CT molecular complexity index is 438. The lowest BCUT2D eigenvalue weighted by Gasteiger charge is -2.34. The zero-order valence-electron chi connectivity index (χ0n) is 12.0. The molecule has 0 aliphatic carbocycles. The van der Waals surface area contributed by atoms with E-state index in [-0.39, 0.29) is 11.9 Å². The van der Waals surface area contributed by atoms with Gasteiger partial charge in [0, 0.05) is 11.1 Å². The summed E-state index contributed by atoms with van der Waals surface area (Å²) in [5.41, 5.74) is -0.419.